The molecule has 4 aromatic rings. The summed E-state index contributed by atoms with van der Waals surface area (Å²) < 4.78 is 14.1. The third-order valence-electron chi connectivity index (χ3n) is 6.29. The van der Waals surface area contributed by atoms with Crippen LogP contribution in [0.5, 0.6) is 0 Å². The number of piperidine rings is 1. The van der Waals surface area contributed by atoms with Crippen molar-refractivity contribution in [2.45, 2.75) is 46.1 Å². The summed E-state index contributed by atoms with van der Waals surface area (Å²) in [7, 11) is 0. The standard InChI is InChI=1S/C28H30FN5O2S2/c1-28(2,3)15-24(35)31-20-10-12-34(13-11-20)27-33-26-23(38-27)14-22(37-26)25(36)32-19-7-4-17(5-8-19)21-9-6-18(29)16-30-21/h4-9,14,16,20H,10-13,15H2,1-3H3,(H,31,35)(H,32,36). The van der Waals surface area contributed by atoms with E-state index in [9.17, 15) is 14.0 Å². The molecule has 1 saturated heterocycles. The van der Waals surface area contributed by atoms with Crippen molar-refractivity contribution in [3.8, 4) is 11.3 Å². The van der Waals surface area contributed by atoms with E-state index >= 15 is 0 Å². The average molecular weight is 552 g/mol. The number of fused-ring (bicyclic) bond motifs is 1. The van der Waals surface area contributed by atoms with Crippen LogP contribution in [0.25, 0.3) is 20.8 Å². The van der Waals surface area contributed by atoms with Crippen LogP contribution in [0.3, 0.4) is 0 Å². The maximum Gasteiger partial charge on any atom is 0.265 e. The maximum absolute atomic E-state index is 13.1. The lowest BCUT2D eigenvalue weighted by atomic mass is 9.91. The molecule has 1 aliphatic rings. The Balaban J connectivity index is 1.16. The molecule has 0 spiro atoms. The van der Waals surface area contributed by atoms with Crippen LogP contribution in [0.2, 0.25) is 0 Å². The minimum atomic E-state index is -0.378. The third-order valence-corrected chi connectivity index (χ3v) is 8.51. The van der Waals surface area contributed by atoms with E-state index in [0.717, 1.165) is 46.2 Å². The predicted octanol–water partition coefficient (Wildman–Crippen LogP) is 6.33. The number of amides is 2. The Morgan fingerprint density at radius 3 is 2.45 bits per heavy atom. The number of pyridine rings is 1. The minimum Gasteiger partial charge on any atom is -0.353 e. The molecule has 2 N–H and O–H groups in total. The molecule has 0 aliphatic carbocycles. The molecule has 38 heavy (non-hydrogen) atoms. The molecule has 0 saturated carbocycles. The van der Waals surface area contributed by atoms with Gasteiger partial charge >= 0.3 is 0 Å². The van der Waals surface area contributed by atoms with Crippen LogP contribution in [0.4, 0.5) is 15.2 Å². The number of thiophene rings is 1. The highest BCUT2D eigenvalue weighted by atomic mass is 32.1. The van der Waals surface area contributed by atoms with Gasteiger partial charge in [0.1, 0.15) is 10.6 Å². The number of halogens is 1. The van der Waals surface area contributed by atoms with Crippen LogP contribution < -0.4 is 15.5 Å². The minimum absolute atomic E-state index is 0.0132. The fourth-order valence-electron chi connectivity index (χ4n) is 4.41. The van der Waals surface area contributed by atoms with Gasteiger partial charge in [0.2, 0.25) is 5.91 Å². The number of rotatable bonds is 6. The number of carbonyl (C=O) groups is 2. The zero-order valence-corrected chi connectivity index (χ0v) is 23.2. The van der Waals surface area contributed by atoms with Gasteiger partial charge in [-0.1, -0.05) is 44.2 Å². The highest BCUT2D eigenvalue weighted by Crippen LogP contribution is 2.36. The number of nitrogens with one attached hydrogen (secondary N) is 2. The molecule has 5 rings (SSSR count). The second-order valence-electron chi connectivity index (χ2n) is 10.7. The summed E-state index contributed by atoms with van der Waals surface area (Å²) in [5, 5.41) is 7.07. The monoisotopic (exact) mass is 551 g/mol. The fraction of sp³-hybridized carbons (Fsp3) is 0.357. The number of thiazole rings is 1. The number of benzene rings is 1. The van der Waals surface area contributed by atoms with Gasteiger partial charge in [-0.2, -0.15) is 0 Å². The first-order chi connectivity index (χ1) is 18.1. The van der Waals surface area contributed by atoms with Crippen LogP contribution >= 0.6 is 22.7 Å². The van der Waals surface area contributed by atoms with Crippen molar-refractivity contribution in [1.82, 2.24) is 15.3 Å². The van der Waals surface area contributed by atoms with Gasteiger partial charge in [0.05, 0.1) is 21.5 Å². The lowest BCUT2D eigenvalue weighted by Crippen LogP contribution is -2.45. The van der Waals surface area contributed by atoms with Crippen LogP contribution in [0.15, 0.2) is 48.7 Å². The van der Waals surface area contributed by atoms with Gasteiger partial charge in [0.25, 0.3) is 5.91 Å². The van der Waals surface area contributed by atoms with Gasteiger partial charge in [-0.15, -0.1) is 11.3 Å². The lowest BCUT2D eigenvalue weighted by molar-refractivity contribution is -0.123. The van der Waals surface area contributed by atoms with Crippen LogP contribution in [0, 0.1) is 11.2 Å². The first-order valence-electron chi connectivity index (χ1n) is 12.6. The second-order valence-corrected chi connectivity index (χ2v) is 12.8. The van der Waals surface area contributed by atoms with E-state index in [4.69, 9.17) is 4.98 Å². The van der Waals surface area contributed by atoms with Crippen LogP contribution in [-0.4, -0.2) is 40.9 Å². The van der Waals surface area contributed by atoms with Crippen LogP contribution in [0.1, 0.15) is 49.7 Å². The highest BCUT2D eigenvalue weighted by molar-refractivity contribution is 7.29. The molecule has 198 valence electrons. The Labute approximate surface area is 229 Å². The van der Waals surface area contributed by atoms with E-state index < -0.39 is 0 Å². The topological polar surface area (TPSA) is 87.2 Å². The molecule has 0 radical (unpaired) electrons. The van der Waals surface area contributed by atoms with Crippen molar-refractivity contribution in [1.29, 1.82) is 0 Å². The van der Waals surface area contributed by atoms with E-state index in [1.54, 1.807) is 29.5 Å². The van der Waals surface area contributed by atoms with E-state index in [0.29, 0.717) is 22.7 Å². The van der Waals surface area contributed by atoms with Crippen molar-refractivity contribution >= 4 is 54.8 Å². The van der Waals surface area contributed by atoms with Crippen molar-refractivity contribution in [2.24, 2.45) is 5.41 Å². The van der Waals surface area contributed by atoms with Gasteiger partial charge < -0.3 is 15.5 Å². The van der Waals surface area contributed by atoms with Gasteiger partial charge in [0, 0.05) is 36.8 Å². The first kappa shape index (κ1) is 26.2. The SMILES string of the molecule is CC(C)(C)CC(=O)NC1CCN(c2nc3sc(C(=O)Nc4ccc(-c5ccc(F)cn5)cc4)cc3s2)CC1. The zero-order valence-electron chi connectivity index (χ0n) is 21.6. The molecule has 0 bridgehead atoms. The Kier molecular flexibility index (Phi) is 7.45. The molecule has 7 nitrogen and oxygen atoms in total. The number of aromatic nitrogens is 2. The number of anilines is 2. The summed E-state index contributed by atoms with van der Waals surface area (Å²) in [5.41, 5.74) is 2.16. The normalized spacial score (nSPS) is 14.6. The second kappa shape index (κ2) is 10.8. The molecule has 2 amide bonds. The quantitative estimate of drug-likeness (QED) is 0.292. The van der Waals surface area contributed by atoms with E-state index in [2.05, 4.69) is 41.3 Å². The number of carbonyl (C=O) groups excluding carboxylic acids is 2. The first-order valence-corrected chi connectivity index (χ1v) is 14.2. The molecule has 1 aliphatic heterocycles. The zero-order chi connectivity index (χ0) is 26.9. The van der Waals surface area contributed by atoms with Gasteiger partial charge in [-0.3, -0.25) is 14.6 Å². The van der Waals surface area contributed by atoms with E-state index in [1.807, 2.05) is 18.2 Å². The molecule has 0 atom stereocenters. The average Bonchev–Trinajstić information content (AvgIpc) is 3.44. The molecule has 10 heteroatoms. The summed E-state index contributed by atoms with van der Waals surface area (Å²) >= 11 is 2.98. The van der Waals surface area contributed by atoms with Crippen molar-refractivity contribution < 1.29 is 14.0 Å². The molecule has 0 unspecified atom stereocenters. The van der Waals surface area contributed by atoms with Crippen molar-refractivity contribution in [3.63, 3.8) is 0 Å². The third kappa shape index (κ3) is 6.36. The molecular weight excluding hydrogens is 521 g/mol. The lowest BCUT2D eigenvalue weighted by Gasteiger charge is -2.32. The van der Waals surface area contributed by atoms with Crippen molar-refractivity contribution in [3.05, 3.63) is 59.4 Å². The number of nitrogens with zero attached hydrogens (tertiary/aromatic N) is 3. The smallest absolute Gasteiger partial charge is 0.265 e. The molecular formula is C28H30FN5O2S2. The predicted molar refractivity (Wildman–Crippen MR) is 153 cm³/mol. The Morgan fingerprint density at radius 1 is 1.08 bits per heavy atom. The summed E-state index contributed by atoms with van der Waals surface area (Å²) in [6.07, 6.45) is 3.51. The molecule has 3 aromatic heterocycles. The summed E-state index contributed by atoms with van der Waals surface area (Å²) in [6.45, 7) is 7.91. The largest absolute Gasteiger partial charge is 0.353 e. The van der Waals surface area contributed by atoms with Gasteiger partial charge in [-0.05, 0) is 48.6 Å². The molecule has 1 aromatic carbocycles. The Bertz CT molecular complexity index is 1400. The highest BCUT2D eigenvalue weighted by Gasteiger charge is 2.25. The summed E-state index contributed by atoms with van der Waals surface area (Å²) in [5.74, 6) is -0.435. The van der Waals surface area contributed by atoms with Gasteiger partial charge in [0.15, 0.2) is 5.13 Å². The summed E-state index contributed by atoms with van der Waals surface area (Å²) in [4.78, 5) is 37.7. The van der Waals surface area contributed by atoms with E-state index in [-0.39, 0.29) is 29.1 Å². The maximum atomic E-state index is 13.1. The van der Waals surface area contributed by atoms with E-state index in [1.165, 1.54) is 23.6 Å². The summed E-state index contributed by atoms with van der Waals surface area (Å²) in [6, 6.07) is 12.4. The Hall–Kier alpha value is -3.37. The number of hydrogen-bond donors (Lipinski definition) is 2. The van der Waals surface area contributed by atoms with Crippen LogP contribution in [-0.2, 0) is 4.79 Å². The van der Waals surface area contributed by atoms with Crippen molar-refractivity contribution in [2.75, 3.05) is 23.3 Å². The number of hydrogen-bond acceptors (Lipinski definition) is 7. The fourth-order valence-corrected chi connectivity index (χ4v) is 6.57. The van der Waals surface area contributed by atoms with Gasteiger partial charge in [-0.25, -0.2) is 9.37 Å². The molecule has 4 heterocycles. The Morgan fingerprint density at radius 2 is 1.82 bits per heavy atom. The molecule has 1 fully saturated rings.